The van der Waals surface area contributed by atoms with Crippen LogP contribution < -0.4 is 5.32 Å². The molecule has 596 valence electrons. The molecule has 42 nitrogen and oxygen atoms in total. The molecule has 21 aliphatic rings. The van der Waals surface area contributed by atoms with Gasteiger partial charge < -0.3 is 188 Å². The monoisotopic (exact) mass is 1540 g/mol. The van der Waals surface area contributed by atoms with Gasteiger partial charge in [0.05, 0.1) is 77.6 Å². The molecule has 0 aromatic heterocycles. The molecule has 0 saturated carbocycles. The number of aliphatic carboxylic acids is 2. The van der Waals surface area contributed by atoms with Gasteiger partial charge in [-0.3, -0.25) is 19.2 Å². The molecule has 0 amide bonds. The highest BCUT2D eigenvalue weighted by Gasteiger charge is 2.60. The first kappa shape index (κ1) is 86.1. The number of ether oxygens (including phenoxy) is 16. The molecule has 14 bridgehead atoms. The normalized spacial score (nSPS) is 44.9. The second kappa shape index (κ2) is 40.0. The van der Waals surface area contributed by atoms with E-state index >= 15 is 0 Å². The highest BCUT2D eigenvalue weighted by Crippen LogP contribution is 2.40. The van der Waals surface area contributed by atoms with Gasteiger partial charge in [0.25, 0.3) is 0 Å². The number of aliphatic hydroxyl groups is 19. The van der Waals surface area contributed by atoms with Crippen molar-refractivity contribution >= 4 is 47.0 Å². The van der Waals surface area contributed by atoms with Crippen molar-refractivity contribution in [2.24, 2.45) is 5.92 Å². The predicted octanol–water partition coefficient (Wildman–Crippen LogP) is -13.0. The first-order valence-corrected chi connectivity index (χ1v) is 35.5. The minimum atomic E-state index is -2.31. The number of carboxylic acids is 2. The molecule has 0 aliphatic carbocycles. The van der Waals surface area contributed by atoms with Gasteiger partial charge in [-0.05, 0) is 14.0 Å². The molecule has 22 N–H and O–H groups in total. The van der Waals surface area contributed by atoms with Crippen LogP contribution in [0, 0.1) is 5.92 Å². The fourth-order valence-corrected chi connectivity index (χ4v) is 15.0. The molecule has 15 unspecified atom stereocenters. The van der Waals surface area contributed by atoms with Crippen molar-refractivity contribution in [3.63, 3.8) is 0 Å². The summed E-state index contributed by atoms with van der Waals surface area (Å²) in [6, 6.07) is -1.18. The fraction of sp³-hybridized carbons (Fsp3) is 0.932. The SMILES string of the molecule is CNC(CSCC1O[C@@H]2O[C@@H]3C(CO)O[C@H](O[C@@H]4C(CO)O[C@H](O[C@H]5C(CO)O[C@H](O[C@@H]6C(CSC[C@@H](CC(=O)CCOCCOCCC(C)=O)C(=O)O)O[C@H](O[C@@H]7C(CO)O[C@H](O[C@@H]8C(CO)O[C@@H](O[C@@H]1[C@H](O)C2O)C(O)[C@H]8O)C(O)[C@H]7O)C(O)[C@H]6O)C(O)[C@H]5O)C(O)[C@H]4O)C(O)[C@H]3O)C(=O)O. The maximum Gasteiger partial charge on any atom is 0.321 e. The maximum absolute atomic E-state index is 13.0. The molecular weight excluding hydrogens is 1440 g/mol. The third kappa shape index (κ3) is 21.0. The van der Waals surface area contributed by atoms with Crippen molar-refractivity contribution in [2.75, 3.05) is 89.5 Å². The Labute approximate surface area is 595 Å². The highest BCUT2D eigenvalue weighted by molar-refractivity contribution is 7.99. The Morgan fingerprint density at radius 2 is 0.602 bits per heavy atom. The third-order valence-corrected chi connectivity index (χ3v) is 20.9. The van der Waals surface area contributed by atoms with E-state index in [1.54, 1.807) is 0 Å². The summed E-state index contributed by atoms with van der Waals surface area (Å²) in [4.78, 5) is 48.7. The highest BCUT2D eigenvalue weighted by atomic mass is 32.2. The Morgan fingerprint density at radius 3 is 0.845 bits per heavy atom. The number of nitrogens with one attached hydrogen (secondary N) is 1. The van der Waals surface area contributed by atoms with Crippen molar-refractivity contribution in [3.05, 3.63) is 0 Å². The van der Waals surface area contributed by atoms with E-state index in [2.05, 4.69) is 5.32 Å². The maximum atomic E-state index is 13.0. The molecule has 21 rings (SSSR count). The van der Waals surface area contributed by atoms with Crippen molar-refractivity contribution in [1.29, 1.82) is 0 Å². The number of carbonyl (C=O) groups excluding carboxylic acids is 2. The van der Waals surface area contributed by atoms with E-state index in [-0.39, 0.29) is 62.3 Å². The molecule has 103 heavy (non-hydrogen) atoms. The number of likely N-dealkylation sites (N-methyl/N-ethyl adjacent to an activating group) is 1. The fourth-order valence-electron chi connectivity index (χ4n) is 12.6. The number of Topliss-reactive ketones (excluding diaryl/α,β-unsaturated/α-hetero) is 2. The molecule has 21 heterocycles. The summed E-state index contributed by atoms with van der Waals surface area (Å²) < 4.78 is 93.3. The van der Waals surface area contributed by atoms with Crippen LogP contribution in [0.5, 0.6) is 0 Å². The van der Waals surface area contributed by atoms with Gasteiger partial charge in [0.15, 0.2) is 44.0 Å². The van der Waals surface area contributed by atoms with Crippen LogP contribution in [0.2, 0.25) is 0 Å². The summed E-state index contributed by atoms with van der Waals surface area (Å²) in [5.41, 5.74) is 0. The molecule has 21 aliphatic heterocycles. The quantitative estimate of drug-likeness (QED) is 0.0340. The van der Waals surface area contributed by atoms with Crippen LogP contribution in [0.15, 0.2) is 0 Å². The van der Waals surface area contributed by atoms with Gasteiger partial charge >= 0.3 is 11.9 Å². The molecule has 0 aromatic rings. The Kier molecular flexibility index (Phi) is 33.4. The molecule has 0 radical (unpaired) electrons. The van der Waals surface area contributed by atoms with Gasteiger partial charge in [-0.1, -0.05) is 0 Å². The van der Waals surface area contributed by atoms with Gasteiger partial charge in [0.1, 0.15) is 176 Å². The van der Waals surface area contributed by atoms with E-state index in [4.69, 9.17) is 75.8 Å². The van der Waals surface area contributed by atoms with Crippen LogP contribution in [0.3, 0.4) is 0 Å². The average Bonchev–Trinajstić information content (AvgIpc) is 0.785. The second-order valence-electron chi connectivity index (χ2n) is 25.7. The molecule has 44 heteroatoms. The van der Waals surface area contributed by atoms with Crippen LogP contribution in [0.4, 0.5) is 0 Å². The van der Waals surface area contributed by atoms with Crippen molar-refractivity contribution in [2.45, 2.75) is 247 Å². The van der Waals surface area contributed by atoms with Gasteiger partial charge in [0.2, 0.25) is 0 Å². The molecule has 0 spiro atoms. The molecule has 0 aromatic carbocycles. The zero-order valence-electron chi connectivity index (χ0n) is 55.5. The average molecular weight is 1540 g/mol. The second-order valence-corrected chi connectivity index (χ2v) is 27.9. The van der Waals surface area contributed by atoms with Crippen molar-refractivity contribution in [1.82, 2.24) is 5.32 Å². The number of aliphatic hydroxyl groups excluding tert-OH is 19. The first-order valence-electron chi connectivity index (χ1n) is 33.2. The molecule has 21 fully saturated rings. The van der Waals surface area contributed by atoms with Gasteiger partial charge in [-0.25, -0.2) is 0 Å². The van der Waals surface area contributed by atoms with Gasteiger partial charge in [-0.2, -0.15) is 23.5 Å². The Morgan fingerprint density at radius 1 is 0.350 bits per heavy atom. The van der Waals surface area contributed by atoms with E-state index in [1.807, 2.05) is 0 Å². The lowest BCUT2D eigenvalue weighted by molar-refractivity contribution is -0.395. The number of carboxylic acid groups (broad SMARTS) is 2. The van der Waals surface area contributed by atoms with Crippen LogP contribution in [0.25, 0.3) is 0 Å². The zero-order valence-corrected chi connectivity index (χ0v) is 57.2. The van der Waals surface area contributed by atoms with Crippen molar-refractivity contribution in [3.8, 4) is 0 Å². The number of ketones is 2. The Bertz CT molecular complexity index is 2610. The molecule has 21 saturated heterocycles. The van der Waals surface area contributed by atoms with E-state index in [1.165, 1.54) is 14.0 Å². The summed E-state index contributed by atoms with van der Waals surface area (Å²) in [6.07, 6.45) is -73.1. The lowest BCUT2D eigenvalue weighted by Gasteiger charge is -2.50. The summed E-state index contributed by atoms with van der Waals surface area (Å²) in [5, 5.41) is 239. The summed E-state index contributed by atoms with van der Waals surface area (Å²) in [5.74, 6) is -6.08. The molecular formula is C59H97NO41S2. The van der Waals surface area contributed by atoms with E-state index in [0.717, 1.165) is 23.5 Å². The Balaban J connectivity index is 1.08. The smallest absolute Gasteiger partial charge is 0.321 e. The summed E-state index contributed by atoms with van der Waals surface area (Å²) in [6.45, 7) is -3.91. The van der Waals surface area contributed by atoms with E-state index in [9.17, 15) is 126 Å². The lowest BCUT2D eigenvalue weighted by atomic mass is 9.95. The minimum Gasteiger partial charge on any atom is -0.481 e. The minimum absolute atomic E-state index is 0.0645. The lowest BCUT2D eigenvalue weighted by Crippen LogP contribution is -2.68. The number of thioether (sulfide) groups is 2. The molecule has 37 atom stereocenters. The van der Waals surface area contributed by atoms with Crippen LogP contribution in [-0.2, 0) is 95.0 Å². The van der Waals surface area contributed by atoms with E-state index in [0.29, 0.717) is 0 Å². The zero-order chi connectivity index (χ0) is 75.4. The summed E-state index contributed by atoms with van der Waals surface area (Å²) >= 11 is 1.66. The van der Waals surface area contributed by atoms with Crippen molar-refractivity contribution < 1.29 is 202 Å². The number of hydrogen-bond donors (Lipinski definition) is 22. The standard InChI is InChI=1S/C59H97NO41S2/c1-19(66)3-5-86-7-8-87-6-4-21(67)9-20(51(82)83)15-102-17-28-49-35(73)42(80)58(93-28)98-47-26(13-64)89-55(38(76)31(47)69)97-46-25(12-63)92-57(41(79)34(46)72)101-50-29(18-103-16-22(60-2)52(84)85)94-59(43(81)36(50)74)99-48-27(14-65)90-54(39(77)32(48)70)95-44-23(10-61)88-53(37(75)30(44)68)96-45-24(11-62)91-56(100-49)40(78)33(45)71/h20,22-50,53-65,68-81H,3-18H2,1-2H3,(H,82,83)(H,84,85)/t20-,22?,23?,24?,25?,26?,27?,28?,29?,30-,31-,32-,33-,34-,35-,36-,37?,38?,39?,40?,41?,42?,43?,44-,45+,46-,47-,48-,49-,50+,53-,54-,55-,56-,57+,58-,59-/m1/s1. The van der Waals surface area contributed by atoms with Crippen LogP contribution in [-0.4, -0.2) is 441 Å². The Hall–Kier alpha value is -2.46. The number of rotatable bonds is 27. The predicted molar refractivity (Wildman–Crippen MR) is 332 cm³/mol. The van der Waals surface area contributed by atoms with E-state index < -0.39 is 290 Å². The number of hydrogen-bond acceptors (Lipinski definition) is 42. The topological polar surface area (TPSA) is 653 Å². The van der Waals surface area contributed by atoms with Gasteiger partial charge in [-0.15, -0.1) is 0 Å². The van der Waals surface area contributed by atoms with Crippen LogP contribution in [0.1, 0.15) is 26.2 Å². The largest absolute Gasteiger partial charge is 0.481 e. The van der Waals surface area contributed by atoms with Crippen LogP contribution >= 0.6 is 23.5 Å². The van der Waals surface area contributed by atoms with Gasteiger partial charge in [0, 0.05) is 42.3 Å². The first-order chi connectivity index (χ1) is 49.0. The summed E-state index contributed by atoms with van der Waals surface area (Å²) in [7, 11) is 1.35. The third-order valence-electron chi connectivity index (χ3n) is 18.6. The number of carbonyl (C=O) groups is 4.